The number of carbonyl (C=O) groups is 3. The summed E-state index contributed by atoms with van der Waals surface area (Å²) in [7, 11) is -3.76. The minimum absolute atomic E-state index is 0.0670. The summed E-state index contributed by atoms with van der Waals surface area (Å²) in [6.45, 7) is 7.91. The lowest BCUT2D eigenvalue weighted by molar-refractivity contribution is -0.166. The average molecular weight is 623 g/mol. The van der Waals surface area contributed by atoms with E-state index in [1.807, 2.05) is 84.9 Å². The van der Waals surface area contributed by atoms with Crippen LogP contribution in [0.15, 0.2) is 84.9 Å². The van der Waals surface area contributed by atoms with E-state index in [9.17, 15) is 18.9 Å². The number of hydrogen-bond acceptors (Lipinski definition) is 8. The third kappa shape index (κ3) is 10.4. The maximum atomic E-state index is 14.2. The fourth-order valence-corrected chi connectivity index (χ4v) is 6.62. The van der Waals surface area contributed by atoms with Gasteiger partial charge in [-0.2, -0.15) is 0 Å². The van der Waals surface area contributed by atoms with E-state index in [2.05, 4.69) is 5.32 Å². The predicted molar refractivity (Wildman–Crippen MR) is 171 cm³/mol. The first-order valence-corrected chi connectivity index (χ1v) is 16.6. The number of nitrogens with two attached hydrogens (primary N) is 1. The Morgan fingerprint density at radius 2 is 1.39 bits per heavy atom. The van der Waals surface area contributed by atoms with Crippen LogP contribution in [-0.4, -0.2) is 42.1 Å². The van der Waals surface area contributed by atoms with Crippen LogP contribution in [0.2, 0.25) is 0 Å². The third-order valence-electron chi connectivity index (χ3n) is 7.05. The van der Waals surface area contributed by atoms with E-state index in [-0.39, 0.29) is 25.1 Å². The molecule has 0 saturated heterocycles. The van der Waals surface area contributed by atoms with Crippen molar-refractivity contribution in [2.24, 2.45) is 17.6 Å². The second-order valence-corrected chi connectivity index (χ2v) is 14.1. The SMILES string of the molecule is CC(=O)OC(OP(=O)(C[C@@H](Cc1ccc(-c2ccccc2)cc1)C(=O)N[C@H](C)C(=O)OCc1ccccc1)C(C)N)C(C)C. The van der Waals surface area contributed by atoms with Crippen molar-refractivity contribution >= 4 is 25.2 Å². The van der Waals surface area contributed by atoms with Gasteiger partial charge in [0.05, 0.1) is 11.7 Å². The zero-order valence-corrected chi connectivity index (χ0v) is 26.9. The molecule has 0 saturated carbocycles. The van der Waals surface area contributed by atoms with Gasteiger partial charge in [0.25, 0.3) is 0 Å². The highest BCUT2D eigenvalue weighted by Crippen LogP contribution is 2.53. The summed E-state index contributed by atoms with van der Waals surface area (Å²) in [6.07, 6.45) is -1.13. The van der Waals surface area contributed by atoms with Gasteiger partial charge in [-0.1, -0.05) is 98.8 Å². The Labute approximate surface area is 259 Å². The first-order valence-electron chi connectivity index (χ1n) is 14.7. The Morgan fingerprint density at radius 1 is 0.818 bits per heavy atom. The van der Waals surface area contributed by atoms with E-state index in [0.717, 1.165) is 22.3 Å². The Bertz CT molecular complexity index is 1410. The van der Waals surface area contributed by atoms with Crippen LogP contribution in [-0.2, 0) is 46.0 Å². The van der Waals surface area contributed by atoms with E-state index < -0.39 is 49.2 Å². The van der Waals surface area contributed by atoms with Crippen molar-refractivity contribution < 1.29 is 32.9 Å². The molecule has 0 aliphatic heterocycles. The maximum absolute atomic E-state index is 14.2. The Morgan fingerprint density at radius 3 is 1.93 bits per heavy atom. The number of rotatable bonds is 15. The standard InChI is InChI=1S/C34H43N2O7P/c1-23(2)34(42-26(5)37)43-44(40,25(4)35)22-31(20-27-16-18-30(19-17-27)29-14-10-7-11-15-29)32(38)36-24(3)33(39)41-21-28-12-8-6-9-13-28/h6-19,23-25,31,34H,20-22,35H2,1-5H3,(H,36,38)/t24-,25?,31-,34?,44?/m1/s1. The van der Waals surface area contributed by atoms with Crippen molar-refractivity contribution in [2.45, 2.75) is 65.8 Å². The molecule has 0 spiro atoms. The van der Waals surface area contributed by atoms with Gasteiger partial charge in [-0.25, -0.2) is 4.79 Å². The molecular weight excluding hydrogens is 579 g/mol. The van der Waals surface area contributed by atoms with Crippen molar-refractivity contribution in [2.75, 3.05) is 6.16 Å². The molecule has 0 aliphatic carbocycles. The topological polar surface area (TPSA) is 134 Å². The predicted octanol–water partition coefficient (Wildman–Crippen LogP) is 5.91. The number of hydrogen-bond donors (Lipinski definition) is 2. The molecule has 0 radical (unpaired) electrons. The van der Waals surface area contributed by atoms with Crippen molar-refractivity contribution in [3.8, 4) is 11.1 Å². The highest BCUT2D eigenvalue weighted by atomic mass is 31.2. The minimum Gasteiger partial charge on any atom is -0.459 e. The van der Waals surface area contributed by atoms with Crippen LogP contribution in [0, 0.1) is 11.8 Å². The van der Waals surface area contributed by atoms with Crippen LogP contribution in [0.1, 0.15) is 45.7 Å². The molecule has 3 N–H and O–H groups in total. The molecule has 10 heteroatoms. The first kappa shape index (κ1) is 34.7. The molecule has 3 aromatic carbocycles. The minimum atomic E-state index is -3.76. The smallest absolute Gasteiger partial charge is 0.328 e. The lowest BCUT2D eigenvalue weighted by Gasteiger charge is -2.31. The van der Waals surface area contributed by atoms with E-state index in [1.165, 1.54) is 13.8 Å². The summed E-state index contributed by atoms with van der Waals surface area (Å²) in [6, 6.07) is 25.9. The largest absolute Gasteiger partial charge is 0.459 e. The number of benzene rings is 3. The van der Waals surface area contributed by atoms with Gasteiger partial charge >= 0.3 is 11.9 Å². The normalized spacial score (nSPS) is 15.3. The number of amides is 1. The van der Waals surface area contributed by atoms with E-state index in [1.54, 1.807) is 20.8 Å². The van der Waals surface area contributed by atoms with Crippen molar-refractivity contribution in [1.29, 1.82) is 0 Å². The molecule has 9 nitrogen and oxygen atoms in total. The molecule has 0 aromatic heterocycles. The van der Waals surface area contributed by atoms with Gasteiger partial charge in [0, 0.05) is 19.0 Å². The Hall–Kier alpha value is -3.78. The highest BCUT2D eigenvalue weighted by Gasteiger charge is 2.39. The number of carbonyl (C=O) groups excluding carboxylic acids is 3. The lowest BCUT2D eigenvalue weighted by Crippen LogP contribution is -2.44. The molecule has 0 fully saturated rings. The third-order valence-corrected chi connectivity index (χ3v) is 9.81. The van der Waals surface area contributed by atoms with Gasteiger partial charge in [0.1, 0.15) is 12.6 Å². The fraction of sp³-hybridized carbons (Fsp3) is 0.382. The average Bonchev–Trinajstić information content (AvgIpc) is 3.00. The summed E-state index contributed by atoms with van der Waals surface area (Å²) < 4.78 is 30.8. The molecule has 0 heterocycles. The quantitative estimate of drug-likeness (QED) is 0.122. The van der Waals surface area contributed by atoms with Gasteiger partial charge in [-0.3, -0.25) is 18.7 Å². The summed E-state index contributed by atoms with van der Waals surface area (Å²) in [5, 5.41) is 2.73. The lowest BCUT2D eigenvalue weighted by atomic mass is 9.97. The van der Waals surface area contributed by atoms with Crippen LogP contribution in [0.25, 0.3) is 11.1 Å². The van der Waals surface area contributed by atoms with Gasteiger partial charge < -0.3 is 20.5 Å². The molecule has 1 amide bonds. The van der Waals surface area contributed by atoms with Crippen LogP contribution in [0.5, 0.6) is 0 Å². The van der Waals surface area contributed by atoms with E-state index >= 15 is 0 Å². The summed E-state index contributed by atoms with van der Waals surface area (Å²) in [5.41, 5.74) is 9.89. The van der Waals surface area contributed by atoms with Crippen molar-refractivity contribution in [3.05, 3.63) is 96.1 Å². The number of esters is 2. The van der Waals surface area contributed by atoms with Crippen LogP contribution in [0.4, 0.5) is 0 Å². The molecule has 5 atom stereocenters. The molecular formula is C34H43N2O7P. The van der Waals surface area contributed by atoms with E-state index in [4.69, 9.17) is 19.7 Å². The second kappa shape index (κ2) is 16.3. The van der Waals surface area contributed by atoms with Crippen LogP contribution < -0.4 is 11.1 Å². The summed E-state index contributed by atoms with van der Waals surface area (Å²) in [5.74, 6) is -3.85. The zero-order valence-electron chi connectivity index (χ0n) is 26.0. The second-order valence-electron chi connectivity index (χ2n) is 11.3. The summed E-state index contributed by atoms with van der Waals surface area (Å²) >= 11 is 0. The molecule has 236 valence electrons. The van der Waals surface area contributed by atoms with Crippen molar-refractivity contribution in [3.63, 3.8) is 0 Å². The monoisotopic (exact) mass is 622 g/mol. The van der Waals surface area contributed by atoms with Gasteiger partial charge in [-0.05, 0) is 42.5 Å². The van der Waals surface area contributed by atoms with Crippen molar-refractivity contribution in [1.82, 2.24) is 5.32 Å². The molecule has 44 heavy (non-hydrogen) atoms. The maximum Gasteiger partial charge on any atom is 0.328 e. The summed E-state index contributed by atoms with van der Waals surface area (Å²) in [4.78, 5) is 38.2. The number of ether oxygens (including phenoxy) is 2. The molecule has 3 unspecified atom stereocenters. The van der Waals surface area contributed by atoms with Gasteiger partial charge in [0.2, 0.25) is 19.6 Å². The van der Waals surface area contributed by atoms with Gasteiger partial charge in [0.15, 0.2) is 0 Å². The van der Waals surface area contributed by atoms with Crippen LogP contribution >= 0.6 is 7.37 Å². The van der Waals surface area contributed by atoms with Gasteiger partial charge in [-0.15, -0.1) is 0 Å². The molecule has 3 aromatic rings. The Balaban J connectivity index is 1.83. The highest BCUT2D eigenvalue weighted by molar-refractivity contribution is 7.59. The molecule has 3 rings (SSSR count). The van der Waals surface area contributed by atoms with Crippen LogP contribution in [0.3, 0.4) is 0 Å². The zero-order chi connectivity index (χ0) is 32.3. The first-order chi connectivity index (χ1) is 20.9. The number of nitrogens with one attached hydrogen (secondary N) is 1. The van der Waals surface area contributed by atoms with E-state index in [0.29, 0.717) is 0 Å². The molecule has 0 aliphatic rings. The fourth-order valence-electron chi connectivity index (χ4n) is 4.46. The Kier molecular flexibility index (Phi) is 12.9. The molecule has 0 bridgehead atoms.